The molecule has 1 amide bonds. The Balaban J connectivity index is 1.95. The number of carbonyl (C=O) groups is 2. The van der Waals surface area contributed by atoms with E-state index in [1.807, 2.05) is 0 Å². The summed E-state index contributed by atoms with van der Waals surface area (Å²) in [7, 11) is 0. The third-order valence-corrected chi connectivity index (χ3v) is 3.89. The van der Waals surface area contributed by atoms with Crippen LogP contribution in [-0.4, -0.2) is 29.0 Å². The van der Waals surface area contributed by atoms with E-state index in [0.29, 0.717) is 16.3 Å². The van der Waals surface area contributed by atoms with Crippen LogP contribution in [0.1, 0.15) is 19.4 Å². The molecule has 9 heteroatoms. The average Bonchev–Trinajstić information content (AvgIpc) is 2.62. The van der Waals surface area contributed by atoms with Crippen molar-refractivity contribution in [3.05, 3.63) is 63.2 Å². The predicted octanol–water partition coefficient (Wildman–Crippen LogP) is 3.90. The van der Waals surface area contributed by atoms with Crippen LogP contribution in [0, 0.1) is 17.0 Å². The van der Waals surface area contributed by atoms with Gasteiger partial charge in [-0.25, -0.2) is 4.79 Å². The molecule has 0 heterocycles. The molecule has 2 rings (SSSR count). The fraction of sp³-hybridized carbons (Fsp3) is 0.263. The minimum absolute atomic E-state index is 0.0216. The van der Waals surface area contributed by atoms with Gasteiger partial charge in [0.05, 0.1) is 4.92 Å². The standard InChI is InChI=1S/C19H19ClN2O6/c1-12-4-9-15(16(10-12)22(25)26)21-17(23)11-27-18(24)19(2,3)28-14-7-5-13(20)6-8-14/h4-10H,11H2,1-3H3,(H,21,23). The highest BCUT2D eigenvalue weighted by Crippen LogP contribution is 2.25. The number of aryl methyl sites for hydroxylation is 1. The number of hydrogen-bond acceptors (Lipinski definition) is 6. The molecule has 0 unspecified atom stereocenters. The Hall–Kier alpha value is -3.13. The molecular weight excluding hydrogens is 388 g/mol. The summed E-state index contributed by atoms with van der Waals surface area (Å²) in [5, 5.41) is 14.0. The lowest BCUT2D eigenvalue weighted by atomic mass is 10.1. The van der Waals surface area contributed by atoms with Crippen LogP contribution in [0.4, 0.5) is 11.4 Å². The molecule has 0 spiro atoms. The smallest absolute Gasteiger partial charge is 0.350 e. The first-order valence-corrected chi connectivity index (χ1v) is 8.63. The molecule has 0 aliphatic rings. The van der Waals surface area contributed by atoms with Crippen molar-refractivity contribution >= 4 is 34.9 Å². The molecule has 0 radical (unpaired) electrons. The molecule has 2 aromatic carbocycles. The van der Waals surface area contributed by atoms with Gasteiger partial charge in [0.15, 0.2) is 12.2 Å². The maximum atomic E-state index is 12.3. The Bertz CT molecular complexity index is 896. The van der Waals surface area contributed by atoms with Crippen LogP contribution >= 0.6 is 11.6 Å². The quantitative estimate of drug-likeness (QED) is 0.424. The highest BCUT2D eigenvalue weighted by atomic mass is 35.5. The van der Waals surface area contributed by atoms with Crippen molar-refractivity contribution in [3.63, 3.8) is 0 Å². The summed E-state index contributed by atoms with van der Waals surface area (Å²) in [6, 6.07) is 10.8. The van der Waals surface area contributed by atoms with E-state index in [0.717, 1.165) is 0 Å². The summed E-state index contributed by atoms with van der Waals surface area (Å²) in [6.45, 7) is 4.07. The van der Waals surface area contributed by atoms with E-state index in [1.165, 1.54) is 26.0 Å². The van der Waals surface area contributed by atoms with E-state index in [1.54, 1.807) is 37.3 Å². The van der Waals surface area contributed by atoms with Crippen molar-refractivity contribution in [2.24, 2.45) is 0 Å². The molecule has 2 aromatic rings. The molecule has 0 aliphatic heterocycles. The average molecular weight is 407 g/mol. The van der Waals surface area contributed by atoms with E-state index in [9.17, 15) is 19.7 Å². The van der Waals surface area contributed by atoms with E-state index in [-0.39, 0.29) is 11.4 Å². The number of hydrogen-bond donors (Lipinski definition) is 1. The topological polar surface area (TPSA) is 108 Å². The molecule has 148 valence electrons. The molecule has 0 aliphatic carbocycles. The number of ether oxygens (including phenoxy) is 2. The molecule has 0 bridgehead atoms. The lowest BCUT2D eigenvalue weighted by Crippen LogP contribution is -2.41. The Morgan fingerprint density at radius 2 is 1.82 bits per heavy atom. The lowest BCUT2D eigenvalue weighted by molar-refractivity contribution is -0.384. The van der Waals surface area contributed by atoms with Gasteiger partial charge in [-0.05, 0) is 56.7 Å². The predicted molar refractivity (Wildman–Crippen MR) is 104 cm³/mol. The normalized spacial score (nSPS) is 10.9. The monoisotopic (exact) mass is 406 g/mol. The number of amides is 1. The maximum absolute atomic E-state index is 12.3. The number of benzene rings is 2. The first-order chi connectivity index (χ1) is 13.1. The molecule has 8 nitrogen and oxygen atoms in total. The van der Waals surface area contributed by atoms with Gasteiger partial charge in [-0.2, -0.15) is 0 Å². The fourth-order valence-corrected chi connectivity index (χ4v) is 2.35. The molecule has 1 N–H and O–H groups in total. The van der Waals surface area contributed by atoms with Crippen LogP contribution in [-0.2, 0) is 14.3 Å². The molecular formula is C19H19ClN2O6. The zero-order valence-corrected chi connectivity index (χ0v) is 16.3. The number of halogens is 1. The number of nitrogens with zero attached hydrogens (tertiary/aromatic N) is 1. The van der Waals surface area contributed by atoms with Gasteiger partial charge in [-0.3, -0.25) is 14.9 Å². The number of nitro groups is 1. The summed E-state index contributed by atoms with van der Waals surface area (Å²) < 4.78 is 10.6. The number of anilines is 1. The third-order valence-electron chi connectivity index (χ3n) is 3.64. The van der Waals surface area contributed by atoms with Crippen molar-refractivity contribution in [1.29, 1.82) is 0 Å². The summed E-state index contributed by atoms with van der Waals surface area (Å²) in [5.74, 6) is -1.07. The molecule has 0 atom stereocenters. The van der Waals surface area contributed by atoms with Crippen LogP contribution in [0.15, 0.2) is 42.5 Å². The SMILES string of the molecule is Cc1ccc(NC(=O)COC(=O)C(C)(C)Oc2ccc(Cl)cc2)c([N+](=O)[O-])c1. The van der Waals surface area contributed by atoms with Gasteiger partial charge in [0.25, 0.3) is 11.6 Å². The van der Waals surface area contributed by atoms with E-state index >= 15 is 0 Å². The van der Waals surface area contributed by atoms with Gasteiger partial charge in [0.1, 0.15) is 11.4 Å². The minimum Gasteiger partial charge on any atom is -0.476 e. The minimum atomic E-state index is -1.36. The number of esters is 1. The number of nitrogens with one attached hydrogen (secondary N) is 1. The van der Waals surface area contributed by atoms with Gasteiger partial charge >= 0.3 is 5.97 Å². The summed E-state index contributed by atoms with van der Waals surface area (Å²) >= 11 is 5.80. The molecule has 28 heavy (non-hydrogen) atoms. The van der Waals surface area contributed by atoms with Gasteiger partial charge in [0, 0.05) is 11.1 Å². The van der Waals surface area contributed by atoms with Crippen molar-refractivity contribution < 1.29 is 24.0 Å². The van der Waals surface area contributed by atoms with Crippen molar-refractivity contribution in [2.45, 2.75) is 26.4 Å². The summed E-state index contributed by atoms with van der Waals surface area (Å²) in [5.41, 5.74) is -0.902. The molecule has 0 saturated carbocycles. The van der Waals surface area contributed by atoms with Gasteiger partial charge in [-0.1, -0.05) is 17.7 Å². The van der Waals surface area contributed by atoms with Crippen LogP contribution < -0.4 is 10.1 Å². The van der Waals surface area contributed by atoms with Crippen LogP contribution in [0.3, 0.4) is 0 Å². The highest BCUT2D eigenvalue weighted by Gasteiger charge is 2.32. The van der Waals surface area contributed by atoms with Crippen LogP contribution in [0.2, 0.25) is 5.02 Å². The van der Waals surface area contributed by atoms with Gasteiger partial charge in [-0.15, -0.1) is 0 Å². The second-order valence-corrected chi connectivity index (χ2v) is 6.90. The maximum Gasteiger partial charge on any atom is 0.350 e. The van der Waals surface area contributed by atoms with Crippen LogP contribution in [0.25, 0.3) is 0 Å². The van der Waals surface area contributed by atoms with Crippen molar-refractivity contribution in [2.75, 3.05) is 11.9 Å². The van der Waals surface area contributed by atoms with E-state index in [4.69, 9.17) is 21.1 Å². The van der Waals surface area contributed by atoms with Gasteiger partial charge in [0.2, 0.25) is 0 Å². The molecule has 0 aromatic heterocycles. The zero-order chi connectivity index (χ0) is 20.9. The zero-order valence-electron chi connectivity index (χ0n) is 15.5. The Kier molecular flexibility index (Phi) is 6.58. The van der Waals surface area contributed by atoms with Crippen molar-refractivity contribution in [3.8, 4) is 5.75 Å². The summed E-state index contributed by atoms with van der Waals surface area (Å²) in [4.78, 5) is 34.8. The number of carbonyl (C=O) groups excluding carboxylic acids is 2. The Labute approximate surface area is 166 Å². The van der Waals surface area contributed by atoms with Crippen molar-refractivity contribution in [1.82, 2.24) is 0 Å². The Morgan fingerprint density at radius 3 is 2.43 bits per heavy atom. The molecule has 0 saturated heterocycles. The van der Waals surface area contributed by atoms with Crippen LogP contribution in [0.5, 0.6) is 5.75 Å². The Morgan fingerprint density at radius 1 is 1.18 bits per heavy atom. The number of rotatable bonds is 7. The second-order valence-electron chi connectivity index (χ2n) is 6.47. The third kappa shape index (κ3) is 5.68. The largest absolute Gasteiger partial charge is 0.476 e. The van der Waals surface area contributed by atoms with E-state index < -0.39 is 29.0 Å². The second kappa shape index (κ2) is 8.71. The first kappa shape index (κ1) is 21.2. The first-order valence-electron chi connectivity index (χ1n) is 8.25. The molecule has 0 fully saturated rings. The fourth-order valence-electron chi connectivity index (χ4n) is 2.23. The lowest BCUT2D eigenvalue weighted by Gasteiger charge is -2.24. The summed E-state index contributed by atoms with van der Waals surface area (Å²) in [6.07, 6.45) is 0. The van der Waals surface area contributed by atoms with E-state index in [2.05, 4.69) is 5.32 Å². The number of nitro benzene ring substituents is 1. The van der Waals surface area contributed by atoms with Gasteiger partial charge < -0.3 is 14.8 Å². The highest BCUT2D eigenvalue weighted by molar-refractivity contribution is 6.30.